The van der Waals surface area contributed by atoms with Gasteiger partial charge in [0.25, 0.3) is 0 Å². The molecule has 88 valence electrons. The van der Waals surface area contributed by atoms with Gasteiger partial charge < -0.3 is 9.47 Å². The molecule has 0 aliphatic carbocycles. The second-order valence-corrected chi connectivity index (χ2v) is 5.75. The lowest BCUT2D eigenvalue weighted by atomic mass is 10.1. The van der Waals surface area contributed by atoms with Crippen molar-refractivity contribution in [1.29, 1.82) is 0 Å². The van der Waals surface area contributed by atoms with E-state index in [2.05, 4.69) is 46.5 Å². The first-order valence-corrected chi connectivity index (χ1v) is 6.54. The van der Waals surface area contributed by atoms with E-state index in [1.54, 1.807) is 0 Å². The lowest BCUT2D eigenvalue weighted by molar-refractivity contribution is -0.133. The first kappa shape index (κ1) is 11.7. The van der Waals surface area contributed by atoms with Crippen LogP contribution in [0, 0.1) is 6.92 Å². The van der Waals surface area contributed by atoms with Gasteiger partial charge in [0, 0.05) is 24.5 Å². The van der Waals surface area contributed by atoms with Crippen LogP contribution in [0.15, 0.2) is 12.1 Å². The zero-order valence-electron chi connectivity index (χ0n) is 9.90. The number of alkyl halides is 1. The van der Waals surface area contributed by atoms with Crippen molar-refractivity contribution in [3.05, 3.63) is 23.5 Å². The number of hydrogen-bond acceptors (Lipinski definition) is 1. The van der Waals surface area contributed by atoms with Crippen LogP contribution < -0.4 is 0 Å². The number of aromatic nitrogens is 1. The first-order valence-electron chi connectivity index (χ1n) is 5.63. The SMILES string of the molecule is Cc1ccc2n1CCN(C(=O)C(C)Br)C2C. The van der Waals surface area contributed by atoms with Gasteiger partial charge in [-0.1, -0.05) is 15.9 Å². The Morgan fingerprint density at radius 1 is 1.50 bits per heavy atom. The summed E-state index contributed by atoms with van der Waals surface area (Å²) in [6, 6.07) is 4.42. The van der Waals surface area contributed by atoms with Crippen LogP contribution in [-0.2, 0) is 11.3 Å². The van der Waals surface area contributed by atoms with Crippen molar-refractivity contribution in [1.82, 2.24) is 9.47 Å². The number of halogens is 1. The van der Waals surface area contributed by atoms with E-state index in [1.807, 2.05) is 11.8 Å². The Bertz CT molecular complexity index is 411. The van der Waals surface area contributed by atoms with E-state index in [1.165, 1.54) is 11.4 Å². The summed E-state index contributed by atoms with van der Waals surface area (Å²) in [5.41, 5.74) is 2.52. The second kappa shape index (κ2) is 4.24. The molecule has 1 amide bonds. The number of aryl methyl sites for hydroxylation is 1. The first-order chi connectivity index (χ1) is 7.52. The van der Waals surface area contributed by atoms with Crippen LogP contribution in [0.25, 0.3) is 0 Å². The molecule has 0 spiro atoms. The van der Waals surface area contributed by atoms with Crippen LogP contribution in [0.2, 0.25) is 0 Å². The third-order valence-corrected chi connectivity index (χ3v) is 3.71. The summed E-state index contributed by atoms with van der Waals surface area (Å²) < 4.78 is 2.30. The quantitative estimate of drug-likeness (QED) is 0.728. The highest BCUT2D eigenvalue weighted by molar-refractivity contribution is 9.10. The third kappa shape index (κ3) is 1.79. The Hall–Kier alpha value is -0.770. The van der Waals surface area contributed by atoms with E-state index in [4.69, 9.17) is 0 Å². The molecule has 2 unspecified atom stereocenters. The summed E-state index contributed by atoms with van der Waals surface area (Å²) in [4.78, 5) is 13.8. The van der Waals surface area contributed by atoms with E-state index in [0.29, 0.717) is 0 Å². The van der Waals surface area contributed by atoms with Gasteiger partial charge in [0.15, 0.2) is 0 Å². The summed E-state index contributed by atoms with van der Waals surface area (Å²) >= 11 is 3.35. The number of nitrogens with zero attached hydrogens (tertiary/aromatic N) is 2. The molecule has 1 aliphatic heterocycles. The fourth-order valence-electron chi connectivity index (χ4n) is 2.35. The van der Waals surface area contributed by atoms with Gasteiger partial charge >= 0.3 is 0 Å². The standard InChI is InChI=1S/C12H17BrN2O/c1-8-4-5-11-10(3)15(7-6-14(8)11)12(16)9(2)13/h4-5,9-10H,6-7H2,1-3H3. The van der Waals surface area contributed by atoms with Crippen LogP contribution in [-0.4, -0.2) is 26.7 Å². The maximum Gasteiger partial charge on any atom is 0.236 e. The normalized spacial score (nSPS) is 21.8. The highest BCUT2D eigenvalue weighted by Gasteiger charge is 2.29. The predicted molar refractivity (Wildman–Crippen MR) is 67.7 cm³/mol. The lowest BCUT2D eigenvalue weighted by Crippen LogP contribution is -2.43. The molecule has 0 N–H and O–H groups in total. The fraction of sp³-hybridized carbons (Fsp3) is 0.583. The summed E-state index contributed by atoms with van der Waals surface area (Å²) in [5.74, 6) is 0.178. The molecular formula is C12H17BrN2O. The molecule has 1 aliphatic rings. The molecule has 0 saturated heterocycles. The lowest BCUT2D eigenvalue weighted by Gasteiger charge is -2.36. The Balaban J connectivity index is 2.28. The molecule has 2 heterocycles. The number of carbonyl (C=O) groups excluding carboxylic acids is 1. The number of hydrogen-bond donors (Lipinski definition) is 0. The van der Waals surface area contributed by atoms with Crippen LogP contribution >= 0.6 is 15.9 Å². The maximum atomic E-state index is 12.0. The molecular weight excluding hydrogens is 268 g/mol. The molecule has 1 aromatic rings. The average molecular weight is 285 g/mol. The number of carbonyl (C=O) groups is 1. The van der Waals surface area contributed by atoms with Crippen molar-refractivity contribution in [2.24, 2.45) is 0 Å². The molecule has 0 aromatic carbocycles. The van der Waals surface area contributed by atoms with Crippen LogP contribution in [0.5, 0.6) is 0 Å². The van der Waals surface area contributed by atoms with Gasteiger partial charge in [-0.05, 0) is 32.9 Å². The molecule has 4 heteroatoms. The van der Waals surface area contributed by atoms with E-state index >= 15 is 0 Å². The van der Waals surface area contributed by atoms with Crippen LogP contribution in [0.1, 0.15) is 31.3 Å². The van der Waals surface area contributed by atoms with Gasteiger partial charge in [-0.2, -0.15) is 0 Å². The van der Waals surface area contributed by atoms with E-state index in [9.17, 15) is 4.79 Å². The zero-order chi connectivity index (χ0) is 11.9. The molecule has 0 radical (unpaired) electrons. The molecule has 1 aromatic heterocycles. The van der Waals surface area contributed by atoms with Crippen molar-refractivity contribution in [3.63, 3.8) is 0 Å². The maximum absolute atomic E-state index is 12.0. The smallest absolute Gasteiger partial charge is 0.236 e. The van der Waals surface area contributed by atoms with Crippen LogP contribution in [0.3, 0.4) is 0 Å². The van der Waals surface area contributed by atoms with Gasteiger partial charge in [-0.15, -0.1) is 0 Å². The Morgan fingerprint density at radius 3 is 2.81 bits per heavy atom. The minimum absolute atomic E-state index is 0.0995. The third-order valence-electron chi connectivity index (χ3n) is 3.32. The molecule has 2 atom stereocenters. The Morgan fingerprint density at radius 2 is 2.19 bits per heavy atom. The second-order valence-electron chi connectivity index (χ2n) is 4.37. The molecule has 0 bridgehead atoms. The van der Waals surface area contributed by atoms with Gasteiger partial charge in [0.1, 0.15) is 0 Å². The van der Waals surface area contributed by atoms with Crippen molar-refractivity contribution in [2.45, 2.75) is 38.2 Å². The Kier molecular flexibility index (Phi) is 3.10. The van der Waals surface area contributed by atoms with Crippen molar-refractivity contribution < 1.29 is 4.79 Å². The van der Waals surface area contributed by atoms with E-state index in [0.717, 1.165) is 13.1 Å². The summed E-state index contributed by atoms with van der Waals surface area (Å²) in [5, 5.41) is 0. The monoisotopic (exact) mass is 284 g/mol. The highest BCUT2D eigenvalue weighted by atomic mass is 79.9. The fourth-order valence-corrected chi connectivity index (χ4v) is 2.61. The largest absolute Gasteiger partial charge is 0.345 e. The molecule has 3 nitrogen and oxygen atoms in total. The van der Waals surface area contributed by atoms with Crippen molar-refractivity contribution in [3.8, 4) is 0 Å². The highest BCUT2D eigenvalue weighted by Crippen LogP contribution is 2.28. The van der Waals surface area contributed by atoms with E-state index in [-0.39, 0.29) is 16.8 Å². The van der Waals surface area contributed by atoms with Gasteiger partial charge in [-0.3, -0.25) is 4.79 Å². The predicted octanol–water partition coefficient (Wildman–Crippen LogP) is 2.48. The minimum atomic E-state index is -0.0995. The van der Waals surface area contributed by atoms with Crippen molar-refractivity contribution in [2.75, 3.05) is 6.54 Å². The molecule has 2 rings (SSSR count). The van der Waals surface area contributed by atoms with Gasteiger partial charge in [-0.25, -0.2) is 0 Å². The van der Waals surface area contributed by atoms with Gasteiger partial charge in [0.2, 0.25) is 5.91 Å². The molecule has 0 fully saturated rings. The molecule has 16 heavy (non-hydrogen) atoms. The molecule has 0 saturated carbocycles. The van der Waals surface area contributed by atoms with E-state index < -0.39 is 0 Å². The summed E-state index contributed by atoms with van der Waals surface area (Å²) in [6.07, 6.45) is 0. The summed E-state index contributed by atoms with van der Waals surface area (Å²) in [7, 11) is 0. The minimum Gasteiger partial charge on any atom is -0.345 e. The average Bonchev–Trinajstić information content (AvgIpc) is 2.61. The topological polar surface area (TPSA) is 25.2 Å². The van der Waals surface area contributed by atoms with Gasteiger partial charge in [0.05, 0.1) is 10.9 Å². The zero-order valence-corrected chi connectivity index (χ0v) is 11.5. The number of amides is 1. The van der Waals surface area contributed by atoms with Crippen LogP contribution in [0.4, 0.5) is 0 Å². The summed E-state index contributed by atoms with van der Waals surface area (Å²) in [6.45, 7) is 7.80. The Labute approximate surface area is 105 Å². The number of fused-ring (bicyclic) bond motifs is 1. The van der Waals surface area contributed by atoms with Crippen molar-refractivity contribution >= 4 is 21.8 Å². The number of rotatable bonds is 1.